The number of thiazole rings is 1. The van der Waals surface area contributed by atoms with Gasteiger partial charge in [0, 0.05) is 35.4 Å². The lowest BCUT2D eigenvalue weighted by Crippen LogP contribution is -2.41. The monoisotopic (exact) mass is 388 g/mol. The van der Waals surface area contributed by atoms with Gasteiger partial charge in [0.1, 0.15) is 5.01 Å². The van der Waals surface area contributed by atoms with E-state index in [1.807, 2.05) is 17.5 Å². The number of hydrogen-bond acceptors (Lipinski definition) is 5. The summed E-state index contributed by atoms with van der Waals surface area (Å²) in [6.07, 6.45) is 7.80. The number of carbonyl (C=O) groups excluding carboxylic acids is 1. The van der Waals surface area contributed by atoms with Gasteiger partial charge in [-0.1, -0.05) is 0 Å². The largest absolute Gasteiger partial charge is 0.353 e. The van der Waals surface area contributed by atoms with E-state index in [2.05, 4.69) is 15.3 Å². The van der Waals surface area contributed by atoms with Gasteiger partial charge in [-0.15, -0.1) is 36.2 Å². The lowest BCUT2D eigenvalue weighted by Gasteiger charge is -2.26. The predicted molar refractivity (Wildman–Crippen MR) is 102 cm³/mol. The minimum absolute atomic E-state index is 0. The minimum atomic E-state index is 0. The second-order valence-corrected chi connectivity index (χ2v) is 6.60. The maximum Gasteiger partial charge on any atom is 0.226 e. The Labute approximate surface area is 158 Å². The summed E-state index contributed by atoms with van der Waals surface area (Å²) in [5, 5.41) is 5.94. The molecule has 24 heavy (non-hydrogen) atoms. The van der Waals surface area contributed by atoms with Crippen LogP contribution in [0.4, 0.5) is 0 Å². The van der Waals surface area contributed by atoms with Crippen molar-refractivity contribution in [1.82, 2.24) is 15.3 Å². The molecule has 2 aromatic rings. The van der Waals surface area contributed by atoms with Crippen LogP contribution in [0.5, 0.6) is 0 Å². The fraction of sp³-hybridized carbons (Fsp3) is 0.438. The Morgan fingerprint density at radius 3 is 2.71 bits per heavy atom. The number of halogens is 2. The zero-order chi connectivity index (χ0) is 15.4. The lowest BCUT2D eigenvalue weighted by atomic mass is 9.92. The standard InChI is InChI=1S/C16H20N4OS.2ClH/c17-12-3-5-13(6-4-12)19-15(21)8-14-10-22-16(20-14)11-2-1-7-18-9-11;;/h1-2,7,9-10,12-13H,3-6,8,17H2,(H,19,21);2*1H. The number of nitrogens with one attached hydrogen (secondary N) is 1. The van der Waals surface area contributed by atoms with Gasteiger partial charge in [-0.3, -0.25) is 9.78 Å². The molecule has 1 fully saturated rings. The fourth-order valence-corrected chi connectivity index (χ4v) is 3.53. The van der Waals surface area contributed by atoms with Crippen LogP contribution in [0.2, 0.25) is 0 Å². The first-order valence-electron chi connectivity index (χ1n) is 7.60. The van der Waals surface area contributed by atoms with Gasteiger partial charge in [-0.2, -0.15) is 0 Å². The molecule has 0 radical (unpaired) electrons. The van der Waals surface area contributed by atoms with Gasteiger partial charge < -0.3 is 11.1 Å². The van der Waals surface area contributed by atoms with Crippen LogP contribution in [-0.2, 0) is 11.2 Å². The van der Waals surface area contributed by atoms with Gasteiger partial charge in [0.2, 0.25) is 5.91 Å². The number of nitrogens with two attached hydrogens (primary N) is 1. The van der Waals surface area contributed by atoms with Gasteiger partial charge >= 0.3 is 0 Å². The van der Waals surface area contributed by atoms with E-state index >= 15 is 0 Å². The summed E-state index contributed by atoms with van der Waals surface area (Å²) in [7, 11) is 0. The molecule has 0 bridgehead atoms. The summed E-state index contributed by atoms with van der Waals surface area (Å²) in [6, 6.07) is 4.43. The van der Waals surface area contributed by atoms with E-state index < -0.39 is 0 Å². The quantitative estimate of drug-likeness (QED) is 0.843. The van der Waals surface area contributed by atoms with Gasteiger partial charge in [0.25, 0.3) is 0 Å². The zero-order valence-electron chi connectivity index (χ0n) is 13.2. The number of rotatable bonds is 4. The van der Waals surface area contributed by atoms with Crippen LogP contribution in [0.3, 0.4) is 0 Å². The Hall–Kier alpha value is -1.21. The van der Waals surface area contributed by atoms with Crippen LogP contribution in [0.1, 0.15) is 31.4 Å². The van der Waals surface area contributed by atoms with Crippen LogP contribution >= 0.6 is 36.2 Å². The molecule has 132 valence electrons. The average Bonchev–Trinajstić information content (AvgIpc) is 2.99. The Balaban J connectivity index is 0.00000144. The number of aromatic nitrogens is 2. The predicted octanol–water partition coefficient (Wildman–Crippen LogP) is 2.98. The Bertz CT molecular complexity index is 630. The molecule has 2 aromatic heterocycles. The molecule has 5 nitrogen and oxygen atoms in total. The molecule has 3 rings (SSSR count). The van der Waals surface area contributed by atoms with Crippen molar-refractivity contribution < 1.29 is 4.79 Å². The van der Waals surface area contributed by atoms with Crippen LogP contribution in [0, 0.1) is 0 Å². The number of nitrogens with zero attached hydrogens (tertiary/aromatic N) is 2. The van der Waals surface area contributed by atoms with E-state index in [-0.39, 0.29) is 36.8 Å². The van der Waals surface area contributed by atoms with Crippen molar-refractivity contribution in [3.8, 4) is 10.6 Å². The van der Waals surface area contributed by atoms with Crippen molar-refractivity contribution in [3.63, 3.8) is 0 Å². The second kappa shape index (κ2) is 9.93. The van der Waals surface area contributed by atoms with Crippen molar-refractivity contribution in [2.45, 2.75) is 44.2 Å². The molecular weight excluding hydrogens is 367 g/mol. The molecule has 0 atom stereocenters. The molecule has 0 spiro atoms. The Morgan fingerprint density at radius 1 is 1.29 bits per heavy atom. The minimum Gasteiger partial charge on any atom is -0.353 e. The van der Waals surface area contributed by atoms with E-state index in [1.165, 1.54) is 0 Å². The molecule has 8 heteroatoms. The van der Waals surface area contributed by atoms with Crippen molar-refractivity contribution in [2.75, 3.05) is 0 Å². The molecule has 1 aliphatic carbocycles. The van der Waals surface area contributed by atoms with Crippen LogP contribution in [0.15, 0.2) is 29.9 Å². The van der Waals surface area contributed by atoms with Gasteiger partial charge in [-0.25, -0.2) is 4.98 Å². The maximum absolute atomic E-state index is 12.1. The first-order valence-corrected chi connectivity index (χ1v) is 8.48. The van der Waals surface area contributed by atoms with Crippen LogP contribution in [-0.4, -0.2) is 28.0 Å². The average molecular weight is 389 g/mol. The number of amides is 1. The van der Waals surface area contributed by atoms with Crippen molar-refractivity contribution >= 4 is 42.1 Å². The smallest absolute Gasteiger partial charge is 0.226 e. The Morgan fingerprint density at radius 2 is 2.04 bits per heavy atom. The van der Waals surface area contributed by atoms with Gasteiger partial charge in [-0.05, 0) is 37.8 Å². The van der Waals surface area contributed by atoms with Crippen LogP contribution < -0.4 is 11.1 Å². The van der Waals surface area contributed by atoms with E-state index in [0.717, 1.165) is 41.9 Å². The van der Waals surface area contributed by atoms with Gasteiger partial charge in [0.15, 0.2) is 0 Å². The third-order valence-electron chi connectivity index (χ3n) is 3.94. The van der Waals surface area contributed by atoms with E-state index in [9.17, 15) is 4.79 Å². The summed E-state index contributed by atoms with van der Waals surface area (Å²) in [5.41, 5.74) is 7.68. The first-order chi connectivity index (χ1) is 10.7. The number of pyridine rings is 1. The highest BCUT2D eigenvalue weighted by atomic mass is 35.5. The molecule has 1 saturated carbocycles. The summed E-state index contributed by atoms with van der Waals surface area (Å²) in [5.74, 6) is 0.0449. The normalized spacial score (nSPS) is 19.7. The third-order valence-corrected chi connectivity index (χ3v) is 4.88. The van der Waals surface area contributed by atoms with Crippen molar-refractivity contribution in [3.05, 3.63) is 35.6 Å². The maximum atomic E-state index is 12.1. The SMILES string of the molecule is Cl.Cl.NC1CCC(NC(=O)Cc2csc(-c3cccnc3)n2)CC1. The summed E-state index contributed by atoms with van der Waals surface area (Å²) >= 11 is 1.54. The zero-order valence-corrected chi connectivity index (χ0v) is 15.6. The second-order valence-electron chi connectivity index (χ2n) is 5.74. The molecule has 0 saturated heterocycles. The number of hydrogen-bond donors (Lipinski definition) is 2. The molecule has 1 amide bonds. The molecular formula is C16H22Cl2N4OS. The topological polar surface area (TPSA) is 80.9 Å². The Kier molecular flexibility index (Phi) is 8.62. The molecule has 1 aliphatic rings. The first kappa shape index (κ1) is 20.8. The summed E-state index contributed by atoms with van der Waals surface area (Å²) in [6.45, 7) is 0. The third kappa shape index (κ3) is 5.70. The number of carbonyl (C=O) groups is 1. The van der Waals surface area contributed by atoms with Crippen LogP contribution in [0.25, 0.3) is 10.6 Å². The molecule has 0 unspecified atom stereocenters. The van der Waals surface area contributed by atoms with Gasteiger partial charge in [0.05, 0.1) is 12.1 Å². The summed E-state index contributed by atoms with van der Waals surface area (Å²) < 4.78 is 0. The molecule has 2 heterocycles. The fourth-order valence-electron chi connectivity index (χ4n) is 2.72. The molecule has 3 N–H and O–H groups in total. The van der Waals surface area contributed by atoms with Crippen molar-refractivity contribution in [1.29, 1.82) is 0 Å². The summed E-state index contributed by atoms with van der Waals surface area (Å²) in [4.78, 5) is 20.7. The van der Waals surface area contributed by atoms with Crippen molar-refractivity contribution in [2.24, 2.45) is 5.73 Å². The highest BCUT2D eigenvalue weighted by molar-refractivity contribution is 7.13. The highest BCUT2D eigenvalue weighted by Gasteiger charge is 2.20. The van der Waals surface area contributed by atoms with E-state index in [1.54, 1.807) is 23.7 Å². The molecule has 0 aliphatic heterocycles. The molecule has 0 aromatic carbocycles. The van der Waals surface area contributed by atoms with E-state index in [0.29, 0.717) is 12.5 Å². The highest BCUT2D eigenvalue weighted by Crippen LogP contribution is 2.23. The lowest BCUT2D eigenvalue weighted by molar-refractivity contribution is -0.121. The van der Waals surface area contributed by atoms with E-state index in [4.69, 9.17) is 5.73 Å².